The van der Waals surface area contributed by atoms with Crippen LogP contribution in [-0.4, -0.2) is 49.6 Å². The van der Waals surface area contributed by atoms with Gasteiger partial charge in [-0.2, -0.15) is 8.42 Å². The first-order valence-corrected chi connectivity index (χ1v) is 7.36. The Bertz CT molecular complexity index is 511. The van der Waals surface area contributed by atoms with E-state index in [1.807, 2.05) is 13.1 Å². The third-order valence-corrected chi connectivity index (χ3v) is 3.64. The number of nitrogens with zero attached hydrogens (tertiary/aromatic N) is 2. The van der Waals surface area contributed by atoms with Gasteiger partial charge in [0.15, 0.2) is 0 Å². The minimum absolute atomic E-state index is 0.0666. The molecule has 6 heteroatoms. The van der Waals surface area contributed by atoms with E-state index in [0.717, 1.165) is 18.8 Å². The van der Waals surface area contributed by atoms with E-state index in [-0.39, 0.29) is 4.90 Å². The van der Waals surface area contributed by atoms with Crippen molar-refractivity contribution in [1.29, 1.82) is 0 Å². The summed E-state index contributed by atoms with van der Waals surface area (Å²) >= 11 is 0. The first kappa shape index (κ1) is 15.7. The molecule has 0 amide bonds. The lowest BCUT2D eigenvalue weighted by molar-refractivity contribution is 0.341. The van der Waals surface area contributed by atoms with Gasteiger partial charge in [0.2, 0.25) is 0 Å². The molecule has 1 aromatic rings. The summed E-state index contributed by atoms with van der Waals surface area (Å²) in [5, 5.41) is 0. The molecule has 1 fully saturated rings. The van der Waals surface area contributed by atoms with Gasteiger partial charge in [0, 0.05) is 13.1 Å². The van der Waals surface area contributed by atoms with Crippen LogP contribution in [-0.2, 0) is 10.1 Å². The van der Waals surface area contributed by atoms with E-state index >= 15 is 0 Å². The van der Waals surface area contributed by atoms with Gasteiger partial charge in [0.05, 0.1) is 11.6 Å². The van der Waals surface area contributed by atoms with Crippen molar-refractivity contribution in [2.75, 3.05) is 26.8 Å². The molecule has 1 aromatic carbocycles. The standard InChI is InChI=1S/C7H8O3S.C6H12N2/c1-6-2-4-7(5-3-6)11(8,9)10;1-3-8-5-4-7(2)6-8/h2-5H,1H3,(H,8,9,10);3H,1,4-6H2,2H3. The Labute approximate surface area is 114 Å². The molecule has 19 heavy (non-hydrogen) atoms. The number of rotatable bonds is 2. The number of hydrogen-bond donors (Lipinski definition) is 1. The number of aryl methyl sites for hydroxylation is 1. The number of benzene rings is 1. The maximum Gasteiger partial charge on any atom is 0.294 e. The van der Waals surface area contributed by atoms with Crippen LogP contribution in [0.25, 0.3) is 0 Å². The van der Waals surface area contributed by atoms with Gasteiger partial charge in [0.1, 0.15) is 0 Å². The highest BCUT2D eigenvalue weighted by molar-refractivity contribution is 7.85. The molecule has 0 radical (unpaired) electrons. The van der Waals surface area contributed by atoms with Crippen molar-refractivity contribution in [2.45, 2.75) is 11.8 Å². The highest BCUT2D eigenvalue weighted by Gasteiger charge is 2.10. The minimum Gasteiger partial charge on any atom is -0.364 e. The Morgan fingerprint density at radius 2 is 1.84 bits per heavy atom. The molecule has 0 atom stereocenters. The third-order valence-electron chi connectivity index (χ3n) is 2.77. The second kappa shape index (κ2) is 6.70. The molecule has 1 N–H and O–H groups in total. The molecular formula is C13H20N2O3S. The summed E-state index contributed by atoms with van der Waals surface area (Å²) in [4.78, 5) is 4.39. The summed E-state index contributed by atoms with van der Waals surface area (Å²) in [7, 11) is -1.90. The highest BCUT2D eigenvalue weighted by atomic mass is 32.2. The van der Waals surface area contributed by atoms with Gasteiger partial charge in [-0.15, -0.1) is 0 Å². The fourth-order valence-electron chi connectivity index (χ4n) is 1.61. The van der Waals surface area contributed by atoms with Gasteiger partial charge >= 0.3 is 0 Å². The van der Waals surface area contributed by atoms with Crippen molar-refractivity contribution in [3.63, 3.8) is 0 Å². The third kappa shape index (κ3) is 5.42. The van der Waals surface area contributed by atoms with Gasteiger partial charge < -0.3 is 4.90 Å². The normalized spacial score (nSPS) is 15.8. The zero-order valence-corrected chi connectivity index (χ0v) is 12.1. The number of hydrogen-bond acceptors (Lipinski definition) is 4. The summed E-state index contributed by atoms with van der Waals surface area (Å²) in [6.07, 6.45) is 1.89. The van der Waals surface area contributed by atoms with Crippen LogP contribution in [0.5, 0.6) is 0 Å². The SMILES string of the molecule is C=CN1CCN(C)C1.Cc1ccc(S(=O)(=O)O)cc1. The zero-order valence-electron chi connectivity index (χ0n) is 11.3. The molecule has 0 saturated carbocycles. The molecule has 0 aromatic heterocycles. The van der Waals surface area contributed by atoms with Crippen LogP contribution in [0, 0.1) is 6.92 Å². The monoisotopic (exact) mass is 284 g/mol. The maximum atomic E-state index is 10.5. The van der Waals surface area contributed by atoms with Gasteiger partial charge in [-0.3, -0.25) is 9.45 Å². The predicted octanol–water partition coefficient (Wildman–Crippen LogP) is 1.58. The summed E-state index contributed by atoms with van der Waals surface area (Å²) in [6, 6.07) is 5.99. The lowest BCUT2D eigenvalue weighted by atomic mass is 10.2. The molecule has 1 saturated heterocycles. The molecule has 0 aliphatic carbocycles. The Morgan fingerprint density at radius 3 is 2.16 bits per heavy atom. The van der Waals surface area contributed by atoms with Gasteiger partial charge in [-0.05, 0) is 32.3 Å². The van der Waals surface area contributed by atoms with Crippen LogP contribution < -0.4 is 0 Å². The lowest BCUT2D eigenvalue weighted by Gasteiger charge is -2.09. The van der Waals surface area contributed by atoms with Gasteiger partial charge in [0.25, 0.3) is 10.1 Å². The van der Waals surface area contributed by atoms with Crippen molar-refractivity contribution in [1.82, 2.24) is 9.80 Å². The average molecular weight is 284 g/mol. The molecule has 0 bridgehead atoms. The Hall–Kier alpha value is -1.37. The molecule has 0 spiro atoms. The summed E-state index contributed by atoms with van der Waals surface area (Å²) in [5.41, 5.74) is 0.956. The quantitative estimate of drug-likeness (QED) is 0.835. The van der Waals surface area contributed by atoms with E-state index in [4.69, 9.17) is 4.55 Å². The van der Waals surface area contributed by atoms with Gasteiger partial charge in [-0.1, -0.05) is 24.3 Å². The van der Waals surface area contributed by atoms with E-state index < -0.39 is 10.1 Å². The second-order valence-electron chi connectivity index (χ2n) is 4.50. The van der Waals surface area contributed by atoms with Crippen LogP contribution >= 0.6 is 0 Å². The molecule has 1 aliphatic heterocycles. The van der Waals surface area contributed by atoms with E-state index in [2.05, 4.69) is 23.4 Å². The van der Waals surface area contributed by atoms with E-state index in [1.54, 1.807) is 12.1 Å². The van der Waals surface area contributed by atoms with Crippen molar-refractivity contribution in [3.05, 3.63) is 42.6 Å². The highest BCUT2D eigenvalue weighted by Crippen LogP contribution is 2.08. The lowest BCUT2D eigenvalue weighted by Crippen LogP contribution is -2.17. The van der Waals surface area contributed by atoms with Crippen molar-refractivity contribution in [3.8, 4) is 0 Å². The molecule has 106 valence electrons. The van der Waals surface area contributed by atoms with Crippen molar-refractivity contribution in [2.24, 2.45) is 0 Å². The summed E-state index contributed by atoms with van der Waals surface area (Å²) < 4.78 is 29.6. The largest absolute Gasteiger partial charge is 0.364 e. The molecular weight excluding hydrogens is 264 g/mol. The first-order valence-electron chi connectivity index (χ1n) is 5.92. The van der Waals surface area contributed by atoms with E-state index in [9.17, 15) is 8.42 Å². The van der Waals surface area contributed by atoms with E-state index in [0.29, 0.717) is 0 Å². The van der Waals surface area contributed by atoms with Crippen LogP contribution in [0.1, 0.15) is 5.56 Å². The fraction of sp³-hybridized carbons (Fsp3) is 0.385. The maximum absolute atomic E-state index is 10.5. The minimum atomic E-state index is -4.02. The summed E-state index contributed by atoms with van der Waals surface area (Å²) in [6.45, 7) is 8.87. The molecule has 1 heterocycles. The second-order valence-corrected chi connectivity index (χ2v) is 5.93. The first-order chi connectivity index (χ1) is 8.82. The van der Waals surface area contributed by atoms with Crippen molar-refractivity contribution < 1.29 is 13.0 Å². The number of likely N-dealkylation sites (N-methyl/N-ethyl adjacent to an activating group) is 1. The topological polar surface area (TPSA) is 60.9 Å². The average Bonchev–Trinajstić information content (AvgIpc) is 2.75. The van der Waals surface area contributed by atoms with Crippen LogP contribution in [0.4, 0.5) is 0 Å². The predicted molar refractivity (Wildman–Crippen MR) is 75.4 cm³/mol. The van der Waals surface area contributed by atoms with Crippen molar-refractivity contribution >= 4 is 10.1 Å². The molecule has 0 unspecified atom stereocenters. The zero-order chi connectivity index (χ0) is 14.5. The Morgan fingerprint density at radius 1 is 1.26 bits per heavy atom. The summed E-state index contributed by atoms with van der Waals surface area (Å²) in [5.74, 6) is 0. The van der Waals surface area contributed by atoms with Crippen LogP contribution in [0.3, 0.4) is 0 Å². The molecule has 5 nitrogen and oxygen atoms in total. The van der Waals surface area contributed by atoms with Crippen LogP contribution in [0.2, 0.25) is 0 Å². The van der Waals surface area contributed by atoms with E-state index in [1.165, 1.54) is 18.7 Å². The fourth-order valence-corrected chi connectivity index (χ4v) is 2.09. The molecule has 1 aliphatic rings. The Kier molecular flexibility index (Phi) is 5.53. The Balaban J connectivity index is 0.000000200. The smallest absolute Gasteiger partial charge is 0.294 e. The molecule has 2 rings (SSSR count). The van der Waals surface area contributed by atoms with Crippen LogP contribution in [0.15, 0.2) is 41.9 Å². The van der Waals surface area contributed by atoms with Gasteiger partial charge in [-0.25, -0.2) is 0 Å².